The van der Waals surface area contributed by atoms with Gasteiger partial charge in [-0.3, -0.25) is 5.41 Å². The first-order valence-corrected chi connectivity index (χ1v) is 17.1. The molecule has 0 spiro atoms. The third-order valence-corrected chi connectivity index (χ3v) is 9.48. The van der Waals surface area contributed by atoms with Crippen LogP contribution in [0.25, 0.3) is 67.4 Å². The van der Waals surface area contributed by atoms with Gasteiger partial charge in [0.15, 0.2) is 0 Å². The molecular weight excluding hydrogens is 621 g/mol. The summed E-state index contributed by atoms with van der Waals surface area (Å²) in [5, 5.41) is 15.4. The zero-order valence-electron chi connectivity index (χ0n) is 27.7. The van der Waals surface area contributed by atoms with E-state index < -0.39 is 0 Å². The third-order valence-electron chi connectivity index (χ3n) is 9.48. The molecule has 0 bridgehead atoms. The predicted octanol–water partition coefficient (Wildman–Crippen LogP) is 11.2. The Balaban J connectivity index is 1.23. The Labute approximate surface area is 296 Å². The number of nitrogens with zero attached hydrogens (tertiary/aromatic N) is 2. The number of fused-ring (bicyclic) bond motifs is 4. The lowest BCUT2D eigenvalue weighted by Gasteiger charge is -2.26. The Morgan fingerprint density at radius 1 is 0.471 bits per heavy atom. The van der Waals surface area contributed by atoms with Crippen LogP contribution in [0.1, 0.15) is 27.8 Å². The molecule has 2 aromatic heterocycles. The van der Waals surface area contributed by atoms with E-state index in [0.29, 0.717) is 5.71 Å². The summed E-state index contributed by atoms with van der Waals surface area (Å²) in [6, 6.07) is 60.0. The number of benzene rings is 6. The average Bonchev–Trinajstić information content (AvgIpc) is 3.21. The smallest absolute Gasteiger partial charge is 0.0972 e. The molecular formula is C47H32N4. The van der Waals surface area contributed by atoms with Crippen molar-refractivity contribution in [2.24, 2.45) is 0 Å². The Morgan fingerprint density at radius 3 is 1.59 bits per heavy atom. The minimum absolute atomic E-state index is 0.457. The van der Waals surface area contributed by atoms with Crippen molar-refractivity contribution in [1.29, 1.82) is 5.41 Å². The molecule has 0 fully saturated rings. The van der Waals surface area contributed by atoms with Crippen LogP contribution in [0, 0.1) is 5.41 Å². The standard InChI is InChI=1S/C47H32N4/c48-44(34-19-11-4-12-20-34)43(33-17-9-3-10-18-33)47-39-26-23-37(29-38(39)30-42(51-47)32-15-7-2-8-16-32)41-28-25-36-22-21-35-24-27-40(31-13-5-1-6-14-31)49-45(35)46(36)50-41/h1-30,48,51H/b47-43-,48-44?. The fraction of sp³-hybridized carbons (Fsp3) is 0. The van der Waals surface area contributed by atoms with Crippen molar-refractivity contribution < 1.29 is 0 Å². The summed E-state index contributed by atoms with van der Waals surface area (Å²) in [5.74, 6) is 0. The van der Waals surface area contributed by atoms with Crippen LogP contribution in [0.2, 0.25) is 0 Å². The highest BCUT2D eigenvalue weighted by Crippen LogP contribution is 2.38. The summed E-state index contributed by atoms with van der Waals surface area (Å²) in [7, 11) is 0. The Bertz CT molecular complexity index is 2640. The van der Waals surface area contributed by atoms with Crippen LogP contribution in [0.5, 0.6) is 0 Å². The van der Waals surface area contributed by atoms with Crippen molar-refractivity contribution in [3.8, 4) is 22.5 Å². The molecule has 6 aromatic carbocycles. The molecule has 0 atom stereocenters. The highest BCUT2D eigenvalue weighted by atomic mass is 14.9. The number of hydrogen-bond donors (Lipinski definition) is 2. The number of pyridine rings is 2. The highest BCUT2D eigenvalue weighted by molar-refractivity contribution is 6.36. The maximum Gasteiger partial charge on any atom is 0.0972 e. The predicted molar refractivity (Wildman–Crippen MR) is 212 cm³/mol. The summed E-state index contributed by atoms with van der Waals surface area (Å²) >= 11 is 0. The quantitative estimate of drug-likeness (QED) is 0.139. The molecule has 0 aliphatic carbocycles. The topological polar surface area (TPSA) is 61.7 Å². The van der Waals surface area contributed by atoms with Crippen LogP contribution < -0.4 is 5.32 Å². The number of nitrogens with one attached hydrogen (secondary N) is 2. The molecule has 0 unspecified atom stereocenters. The van der Waals surface area contributed by atoms with Gasteiger partial charge in [0.2, 0.25) is 0 Å². The number of allylic oxidation sites excluding steroid dienone is 1. The summed E-state index contributed by atoms with van der Waals surface area (Å²) < 4.78 is 0. The van der Waals surface area contributed by atoms with Gasteiger partial charge in [-0.15, -0.1) is 0 Å². The van der Waals surface area contributed by atoms with Crippen LogP contribution in [-0.4, -0.2) is 15.7 Å². The molecule has 3 heterocycles. The maximum atomic E-state index is 9.53. The molecule has 2 N–H and O–H groups in total. The summed E-state index contributed by atoms with van der Waals surface area (Å²) in [6.07, 6.45) is 2.20. The Kier molecular flexibility index (Phi) is 7.60. The minimum Gasteiger partial charge on any atom is -0.354 e. The Morgan fingerprint density at radius 2 is 0.980 bits per heavy atom. The van der Waals surface area contributed by atoms with E-state index in [1.165, 1.54) is 0 Å². The van der Waals surface area contributed by atoms with Gasteiger partial charge in [-0.2, -0.15) is 0 Å². The van der Waals surface area contributed by atoms with Crippen molar-refractivity contribution in [2.75, 3.05) is 0 Å². The van der Waals surface area contributed by atoms with Gasteiger partial charge in [-0.1, -0.05) is 158 Å². The van der Waals surface area contributed by atoms with E-state index >= 15 is 0 Å². The summed E-state index contributed by atoms with van der Waals surface area (Å²) in [6.45, 7) is 0. The van der Waals surface area contributed by atoms with Gasteiger partial charge in [-0.25, -0.2) is 9.97 Å². The van der Waals surface area contributed by atoms with E-state index in [1.54, 1.807) is 0 Å². The monoisotopic (exact) mass is 652 g/mol. The molecule has 0 saturated carbocycles. The molecule has 0 saturated heterocycles. The van der Waals surface area contributed by atoms with Gasteiger partial charge in [0.25, 0.3) is 0 Å². The first kappa shape index (κ1) is 30.2. The van der Waals surface area contributed by atoms with Gasteiger partial charge in [0.1, 0.15) is 0 Å². The minimum atomic E-state index is 0.457. The molecule has 9 rings (SSSR count). The van der Waals surface area contributed by atoms with E-state index in [0.717, 1.165) is 89.1 Å². The first-order valence-electron chi connectivity index (χ1n) is 17.1. The van der Waals surface area contributed by atoms with E-state index in [1.807, 2.05) is 72.8 Å². The van der Waals surface area contributed by atoms with Crippen molar-refractivity contribution in [1.82, 2.24) is 15.3 Å². The summed E-state index contributed by atoms with van der Waals surface area (Å²) in [4.78, 5) is 10.4. The zero-order valence-corrected chi connectivity index (χ0v) is 27.7. The lowest BCUT2D eigenvalue weighted by Crippen LogP contribution is -2.20. The van der Waals surface area contributed by atoms with Gasteiger partial charge >= 0.3 is 0 Å². The van der Waals surface area contributed by atoms with E-state index in [2.05, 4.69) is 115 Å². The lowest BCUT2D eigenvalue weighted by atomic mass is 9.87. The zero-order chi connectivity index (χ0) is 34.1. The second kappa shape index (κ2) is 12.8. The SMILES string of the molecule is N=C(/C(=C1\NC(c2ccccc2)=Cc2cc(-c3ccc4ccc5ccc(-c6ccccc6)nc5c4n3)ccc21)c1ccccc1)c1ccccc1. The fourth-order valence-electron chi connectivity index (χ4n) is 6.90. The van der Waals surface area contributed by atoms with Crippen molar-refractivity contribution in [3.05, 3.63) is 204 Å². The van der Waals surface area contributed by atoms with E-state index in [9.17, 15) is 5.41 Å². The van der Waals surface area contributed by atoms with E-state index in [-0.39, 0.29) is 0 Å². The normalized spacial score (nSPS) is 13.3. The van der Waals surface area contributed by atoms with Crippen LogP contribution >= 0.6 is 0 Å². The largest absolute Gasteiger partial charge is 0.354 e. The summed E-state index contributed by atoms with van der Waals surface area (Å²) in [5.41, 5.74) is 13.8. The molecule has 4 heteroatoms. The molecule has 0 radical (unpaired) electrons. The number of hydrogen-bond acceptors (Lipinski definition) is 4. The van der Waals surface area contributed by atoms with Crippen LogP contribution in [0.3, 0.4) is 0 Å². The van der Waals surface area contributed by atoms with Crippen LogP contribution in [-0.2, 0) is 0 Å². The molecule has 0 amide bonds. The van der Waals surface area contributed by atoms with Crippen molar-refractivity contribution in [3.63, 3.8) is 0 Å². The second-order valence-corrected chi connectivity index (χ2v) is 12.7. The first-order chi connectivity index (χ1) is 25.2. The van der Waals surface area contributed by atoms with Gasteiger partial charge in [-0.05, 0) is 41.0 Å². The molecule has 8 aromatic rings. The van der Waals surface area contributed by atoms with Crippen molar-refractivity contribution in [2.45, 2.75) is 0 Å². The number of aromatic nitrogens is 2. The molecule has 4 nitrogen and oxygen atoms in total. The molecule has 240 valence electrons. The Hall–Kier alpha value is -6.91. The van der Waals surface area contributed by atoms with Crippen LogP contribution in [0.15, 0.2) is 176 Å². The average molecular weight is 653 g/mol. The van der Waals surface area contributed by atoms with Crippen LogP contribution in [0.4, 0.5) is 0 Å². The molecule has 1 aliphatic rings. The lowest BCUT2D eigenvalue weighted by molar-refractivity contribution is 1.22. The second-order valence-electron chi connectivity index (χ2n) is 12.7. The van der Waals surface area contributed by atoms with Crippen molar-refractivity contribution >= 4 is 50.6 Å². The van der Waals surface area contributed by atoms with E-state index in [4.69, 9.17) is 9.97 Å². The maximum absolute atomic E-state index is 9.53. The van der Waals surface area contributed by atoms with Gasteiger partial charge in [0.05, 0.1) is 33.8 Å². The van der Waals surface area contributed by atoms with Gasteiger partial charge < -0.3 is 5.32 Å². The molecule has 51 heavy (non-hydrogen) atoms. The third kappa shape index (κ3) is 5.69. The number of rotatable bonds is 6. The highest BCUT2D eigenvalue weighted by Gasteiger charge is 2.24. The fourth-order valence-corrected chi connectivity index (χ4v) is 6.90. The van der Waals surface area contributed by atoms with Gasteiger partial charge in [0, 0.05) is 44.3 Å². The molecule has 1 aliphatic heterocycles.